The first-order valence-electron chi connectivity index (χ1n) is 6.60. The van der Waals surface area contributed by atoms with Crippen molar-refractivity contribution in [2.24, 2.45) is 0 Å². The van der Waals surface area contributed by atoms with E-state index in [0.29, 0.717) is 31.0 Å². The number of nitrogen functional groups attached to an aromatic ring is 1. The van der Waals surface area contributed by atoms with Crippen molar-refractivity contribution < 1.29 is 9.53 Å². The molecule has 2 heterocycles. The topological polar surface area (TPSA) is 81.3 Å². The maximum absolute atomic E-state index is 11.9. The van der Waals surface area contributed by atoms with Crippen molar-refractivity contribution in [3.63, 3.8) is 0 Å². The van der Waals surface area contributed by atoms with E-state index in [0.717, 1.165) is 5.57 Å². The molecule has 0 spiro atoms. The summed E-state index contributed by atoms with van der Waals surface area (Å²) in [4.78, 5) is 22.0. The number of ether oxygens (including phenoxy) is 1. The lowest BCUT2D eigenvalue weighted by Crippen LogP contribution is -2.39. The summed E-state index contributed by atoms with van der Waals surface area (Å²) in [6.45, 7) is 6.70. The van der Waals surface area contributed by atoms with E-state index in [1.54, 1.807) is 17.3 Å². The molecule has 1 amide bonds. The van der Waals surface area contributed by atoms with Gasteiger partial charge in [-0.05, 0) is 32.8 Å². The van der Waals surface area contributed by atoms with E-state index < -0.39 is 5.60 Å². The molecular weight excluding hydrogens is 256 g/mol. The first-order valence-corrected chi connectivity index (χ1v) is 6.60. The smallest absolute Gasteiger partial charge is 0.410 e. The highest BCUT2D eigenvalue weighted by Crippen LogP contribution is 2.20. The van der Waals surface area contributed by atoms with Crippen LogP contribution in [0.1, 0.15) is 33.0 Å². The Morgan fingerprint density at radius 1 is 1.35 bits per heavy atom. The van der Waals surface area contributed by atoms with Crippen molar-refractivity contribution in [1.82, 2.24) is 14.9 Å². The molecule has 0 bridgehead atoms. The fraction of sp³-hybridized carbons (Fsp3) is 0.500. The Morgan fingerprint density at radius 2 is 2.00 bits per heavy atom. The molecule has 0 atom stereocenters. The predicted octanol–water partition coefficient (Wildman–Crippen LogP) is 2.08. The Labute approximate surface area is 118 Å². The van der Waals surface area contributed by atoms with Gasteiger partial charge < -0.3 is 15.4 Å². The van der Waals surface area contributed by atoms with Gasteiger partial charge in [-0.3, -0.25) is 0 Å². The van der Waals surface area contributed by atoms with Gasteiger partial charge in [0.25, 0.3) is 0 Å². The second-order valence-corrected chi connectivity index (χ2v) is 5.75. The van der Waals surface area contributed by atoms with E-state index in [9.17, 15) is 4.79 Å². The van der Waals surface area contributed by atoms with Gasteiger partial charge in [0.05, 0.1) is 18.1 Å². The van der Waals surface area contributed by atoms with Crippen LogP contribution in [-0.2, 0) is 4.74 Å². The quantitative estimate of drug-likeness (QED) is 0.849. The average Bonchev–Trinajstić information content (AvgIpc) is 2.38. The number of nitrogens with zero attached hydrogens (tertiary/aromatic N) is 3. The number of carbonyl (C=O) groups excluding carboxylic acids is 1. The minimum atomic E-state index is -0.471. The molecule has 0 saturated carbocycles. The monoisotopic (exact) mass is 276 g/mol. The van der Waals surface area contributed by atoms with Gasteiger partial charge in [0.2, 0.25) is 0 Å². The van der Waals surface area contributed by atoms with Crippen LogP contribution in [0.15, 0.2) is 18.5 Å². The molecule has 1 aliphatic heterocycles. The molecule has 0 aliphatic carbocycles. The molecule has 1 aromatic heterocycles. The maximum Gasteiger partial charge on any atom is 0.410 e. The Bertz CT molecular complexity index is 517. The van der Waals surface area contributed by atoms with Crippen molar-refractivity contribution in [3.8, 4) is 0 Å². The van der Waals surface area contributed by atoms with Gasteiger partial charge >= 0.3 is 6.09 Å². The highest BCUT2D eigenvalue weighted by molar-refractivity contribution is 5.71. The fourth-order valence-corrected chi connectivity index (χ4v) is 1.87. The van der Waals surface area contributed by atoms with E-state index in [-0.39, 0.29) is 6.09 Å². The summed E-state index contributed by atoms with van der Waals surface area (Å²) in [5.74, 6) is 0.669. The molecule has 6 nitrogen and oxygen atoms in total. The molecule has 0 saturated heterocycles. The number of nitrogens with two attached hydrogens (primary N) is 1. The third kappa shape index (κ3) is 3.69. The maximum atomic E-state index is 11.9. The molecule has 20 heavy (non-hydrogen) atoms. The molecule has 0 unspecified atom stereocenters. The molecule has 1 aromatic rings. The Balaban J connectivity index is 2.00. The van der Waals surface area contributed by atoms with Crippen molar-refractivity contribution in [2.75, 3.05) is 18.8 Å². The lowest BCUT2D eigenvalue weighted by Gasteiger charge is -2.29. The number of carbonyl (C=O) groups is 1. The summed E-state index contributed by atoms with van der Waals surface area (Å²) in [5, 5.41) is 0. The minimum Gasteiger partial charge on any atom is -0.444 e. The summed E-state index contributed by atoms with van der Waals surface area (Å²) in [5.41, 5.74) is 6.67. The molecule has 108 valence electrons. The van der Waals surface area contributed by atoms with Crippen LogP contribution in [0.2, 0.25) is 0 Å². The van der Waals surface area contributed by atoms with Crippen molar-refractivity contribution in [3.05, 3.63) is 24.3 Å². The van der Waals surface area contributed by atoms with E-state index in [1.807, 2.05) is 26.8 Å². The molecular formula is C14H20N4O2. The summed E-state index contributed by atoms with van der Waals surface area (Å²) < 4.78 is 5.34. The van der Waals surface area contributed by atoms with Crippen LogP contribution in [0.25, 0.3) is 5.57 Å². The molecule has 0 aromatic carbocycles. The van der Waals surface area contributed by atoms with Gasteiger partial charge in [0, 0.05) is 13.1 Å². The van der Waals surface area contributed by atoms with E-state index >= 15 is 0 Å². The third-order valence-corrected chi connectivity index (χ3v) is 2.82. The number of hydrogen-bond donors (Lipinski definition) is 1. The first-order chi connectivity index (χ1) is 9.35. The largest absolute Gasteiger partial charge is 0.444 e. The van der Waals surface area contributed by atoms with Gasteiger partial charge in [0.1, 0.15) is 5.60 Å². The lowest BCUT2D eigenvalue weighted by atomic mass is 10.1. The number of hydrogen-bond acceptors (Lipinski definition) is 5. The Kier molecular flexibility index (Phi) is 3.92. The SMILES string of the molecule is CC(C)(C)OC(=O)N1CC=C(c2ncc(N)cn2)CC1. The molecule has 2 N–H and O–H groups in total. The first kappa shape index (κ1) is 14.3. The van der Waals surface area contributed by atoms with Crippen LogP contribution in [0, 0.1) is 0 Å². The normalized spacial score (nSPS) is 15.8. The third-order valence-electron chi connectivity index (χ3n) is 2.82. The standard InChI is InChI=1S/C14H20N4O2/c1-14(2,3)20-13(19)18-6-4-10(5-7-18)12-16-8-11(15)9-17-12/h4,8-9H,5-7,15H2,1-3H3. The summed E-state index contributed by atoms with van der Waals surface area (Å²) in [6, 6.07) is 0. The number of rotatable bonds is 1. The summed E-state index contributed by atoms with van der Waals surface area (Å²) >= 11 is 0. The van der Waals surface area contributed by atoms with Crippen molar-refractivity contribution in [2.45, 2.75) is 32.8 Å². The second kappa shape index (κ2) is 5.48. The predicted molar refractivity (Wildman–Crippen MR) is 76.8 cm³/mol. The number of amides is 1. The van der Waals surface area contributed by atoms with E-state index in [1.165, 1.54) is 0 Å². The van der Waals surface area contributed by atoms with Gasteiger partial charge in [-0.1, -0.05) is 6.08 Å². The van der Waals surface area contributed by atoms with Crippen LogP contribution in [0.5, 0.6) is 0 Å². The zero-order chi connectivity index (χ0) is 14.8. The zero-order valence-corrected chi connectivity index (χ0v) is 12.1. The molecule has 0 fully saturated rings. The zero-order valence-electron chi connectivity index (χ0n) is 12.1. The summed E-state index contributed by atoms with van der Waals surface area (Å²) in [6.07, 6.45) is 5.56. The van der Waals surface area contributed by atoms with E-state index in [2.05, 4.69) is 9.97 Å². The minimum absolute atomic E-state index is 0.286. The van der Waals surface area contributed by atoms with Gasteiger partial charge in [-0.2, -0.15) is 0 Å². The van der Waals surface area contributed by atoms with Gasteiger partial charge in [-0.15, -0.1) is 0 Å². The Hall–Kier alpha value is -2.11. The van der Waals surface area contributed by atoms with Crippen molar-refractivity contribution in [1.29, 1.82) is 0 Å². The highest BCUT2D eigenvalue weighted by Gasteiger charge is 2.24. The van der Waals surface area contributed by atoms with Gasteiger partial charge in [-0.25, -0.2) is 14.8 Å². The number of anilines is 1. The van der Waals surface area contributed by atoms with Crippen LogP contribution in [0.3, 0.4) is 0 Å². The van der Waals surface area contributed by atoms with Gasteiger partial charge in [0.15, 0.2) is 5.82 Å². The molecule has 1 aliphatic rings. The van der Waals surface area contributed by atoms with Crippen LogP contribution in [0.4, 0.5) is 10.5 Å². The molecule has 2 rings (SSSR count). The fourth-order valence-electron chi connectivity index (χ4n) is 1.87. The molecule has 0 radical (unpaired) electrons. The summed E-state index contributed by atoms with van der Waals surface area (Å²) in [7, 11) is 0. The van der Waals surface area contributed by atoms with Crippen LogP contribution < -0.4 is 5.73 Å². The lowest BCUT2D eigenvalue weighted by molar-refractivity contribution is 0.0270. The van der Waals surface area contributed by atoms with Crippen molar-refractivity contribution >= 4 is 17.4 Å². The number of aromatic nitrogens is 2. The highest BCUT2D eigenvalue weighted by atomic mass is 16.6. The van der Waals surface area contributed by atoms with Crippen LogP contribution in [-0.4, -0.2) is 39.7 Å². The van der Waals surface area contributed by atoms with Crippen LogP contribution >= 0.6 is 0 Å². The van der Waals surface area contributed by atoms with E-state index in [4.69, 9.17) is 10.5 Å². The molecule has 6 heteroatoms. The second-order valence-electron chi connectivity index (χ2n) is 5.75. The average molecular weight is 276 g/mol. The Morgan fingerprint density at radius 3 is 2.50 bits per heavy atom.